The number of benzene rings is 3. The fourth-order valence-corrected chi connectivity index (χ4v) is 8.96. The summed E-state index contributed by atoms with van der Waals surface area (Å²) in [4.78, 5) is 22.1. The van der Waals surface area contributed by atoms with E-state index in [0.717, 1.165) is 33.4 Å². The molecule has 2 unspecified atom stereocenters. The van der Waals surface area contributed by atoms with E-state index in [9.17, 15) is 29.1 Å². The Kier molecular flexibility index (Phi) is 25.1. The second-order valence-corrected chi connectivity index (χ2v) is 22.4. The first-order valence-corrected chi connectivity index (χ1v) is 23.7. The molecular weight excluding hydrogens is 821 g/mol. The van der Waals surface area contributed by atoms with Crippen LogP contribution in [0.5, 0.6) is 17.2 Å². The number of phenols is 3. The number of hydrogen-bond donors (Lipinski definition) is 3. The number of phenolic OH excluding ortho intramolecular Hbond substituents is 3. The Labute approximate surface area is 382 Å². The molecule has 0 aliphatic heterocycles. The van der Waals surface area contributed by atoms with E-state index in [0.29, 0.717) is 30.7 Å². The van der Waals surface area contributed by atoms with Crippen LogP contribution in [0.2, 0.25) is 0 Å². The van der Waals surface area contributed by atoms with Crippen LogP contribution in [0.1, 0.15) is 150 Å². The predicted molar refractivity (Wildman–Crippen MR) is 241 cm³/mol. The first-order chi connectivity index (χ1) is 25.4. The van der Waals surface area contributed by atoms with Crippen molar-refractivity contribution in [1.29, 1.82) is 0 Å². The predicted octanol–water partition coefficient (Wildman–Crippen LogP) is 10.9. The zero-order chi connectivity index (χ0) is 43.5. The molecule has 0 aliphatic rings. The summed E-state index contributed by atoms with van der Waals surface area (Å²) < 4.78 is 40.5. The molecule has 0 fully saturated rings. The Bertz CT molecular complexity index is 1710. The van der Waals surface area contributed by atoms with Gasteiger partial charge in [0.1, 0.15) is 24.8 Å². The molecule has 0 aliphatic carbocycles. The van der Waals surface area contributed by atoms with Crippen molar-refractivity contribution in [3.63, 3.8) is 0 Å². The van der Waals surface area contributed by atoms with Crippen molar-refractivity contribution >= 4 is 61.7 Å². The maximum absolute atomic E-state index is 12.9. The van der Waals surface area contributed by atoms with Gasteiger partial charge in [-0.2, -0.15) is 0 Å². The summed E-state index contributed by atoms with van der Waals surface area (Å²) in [5.41, 5.74) is 4.73. The molecule has 0 radical (unpaired) electrons. The summed E-state index contributed by atoms with van der Waals surface area (Å²) in [6.45, 7) is 30.4. The van der Waals surface area contributed by atoms with Crippen LogP contribution in [-0.2, 0) is 62.8 Å². The topological polar surface area (TPSA) is 169 Å². The molecule has 3 aromatic carbocycles. The summed E-state index contributed by atoms with van der Waals surface area (Å²) in [6.07, 6.45) is 0.620. The Balaban J connectivity index is 0. The average molecular weight is 895 g/mol. The van der Waals surface area contributed by atoms with Gasteiger partial charge in [-0.25, -0.2) is 8.81 Å². The van der Waals surface area contributed by atoms with E-state index in [4.69, 9.17) is 18.7 Å². The third-order valence-corrected chi connectivity index (χ3v) is 12.5. The molecule has 58 heavy (non-hydrogen) atoms. The molecule has 3 rings (SSSR count). The van der Waals surface area contributed by atoms with Crippen molar-refractivity contribution in [2.45, 2.75) is 151 Å². The van der Waals surface area contributed by atoms with Crippen molar-refractivity contribution in [3.05, 3.63) is 87.5 Å². The molecule has 0 spiro atoms. The largest absolute Gasteiger partial charge is 2.00 e. The Morgan fingerprint density at radius 3 is 1.16 bits per heavy atom. The van der Waals surface area contributed by atoms with Gasteiger partial charge in [-0.05, 0) is 99.7 Å². The smallest absolute Gasteiger partial charge is 0.831 e. The van der Waals surface area contributed by atoms with Crippen molar-refractivity contribution in [2.75, 3.05) is 19.8 Å². The molecule has 0 heterocycles. The standard InChI is InChI=1S/C19H33O4P.C17H29O4P.C7H8O2P.CH4.Ca/c1-9-22-24(21,23-10-2)13-14-11-15(18(3,4)5)17(20)16(12-14)19(6,7)8;1-8-21-22(19,20)11-12-9-13(16(2,3)4)15(18)14(10-12)17(5,6)7;8-7-3-1-6(2-4-7)5-10-9;;/h11-12,20H,9-10,13H2,1-8H3;9-10,18H,8,11H2,1-7H3,(H,19,20);1-4,8,10H,5H2;1H4;/q;;-1;;+2/p-1. The molecule has 14 heteroatoms. The van der Waals surface area contributed by atoms with E-state index in [1.54, 1.807) is 43.3 Å². The molecule has 0 aromatic heterocycles. The summed E-state index contributed by atoms with van der Waals surface area (Å²) in [7, 11) is -7.39. The van der Waals surface area contributed by atoms with Gasteiger partial charge < -0.3 is 43.2 Å². The van der Waals surface area contributed by atoms with E-state index in [-0.39, 0.29) is 106 Å². The van der Waals surface area contributed by atoms with Crippen LogP contribution in [0.4, 0.5) is 0 Å². The molecule has 0 amide bonds. The minimum absolute atomic E-state index is 0. The van der Waals surface area contributed by atoms with Crippen LogP contribution in [0, 0.1) is 0 Å². The normalized spacial score (nSPS) is 13.3. The maximum Gasteiger partial charge on any atom is 2.00 e. The molecule has 326 valence electrons. The summed E-state index contributed by atoms with van der Waals surface area (Å²) >= 11 is 0. The third-order valence-electron chi connectivity index (χ3n) is 8.51. The van der Waals surface area contributed by atoms with Gasteiger partial charge in [-0.1, -0.05) is 127 Å². The van der Waals surface area contributed by atoms with Gasteiger partial charge >= 0.3 is 45.3 Å². The zero-order valence-corrected chi connectivity index (χ0v) is 42.2. The van der Waals surface area contributed by atoms with Gasteiger partial charge in [0.15, 0.2) is 0 Å². The summed E-state index contributed by atoms with van der Waals surface area (Å²) in [5, 5.41) is 30.2. The van der Waals surface area contributed by atoms with Crippen molar-refractivity contribution in [1.82, 2.24) is 0 Å². The van der Waals surface area contributed by atoms with Gasteiger partial charge in [-0.3, -0.25) is 4.57 Å². The van der Waals surface area contributed by atoms with Gasteiger partial charge in [0, 0.05) is 6.16 Å². The van der Waals surface area contributed by atoms with Crippen LogP contribution in [0.15, 0.2) is 48.5 Å². The second-order valence-electron chi connectivity index (χ2n) is 17.9. The first-order valence-electron chi connectivity index (χ1n) is 19.1. The van der Waals surface area contributed by atoms with Crippen LogP contribution in [0.3, 0.4) is 0 Å². The fraction of sp³-hybridized carbons (Fsp3) is 0.591. The Morgan fingerprint density at radius 1 is 0.569 bits per heavy atom. The number of hydrogen-bond acceptors (Lipinski definition) is 10. The monoisotopic (exact) mass is 894 g/mol. The van der Waals surface area contributed by atoms with Gasteiger partial charge in [0.2, 0.25) is 0 Å². The third kappa shape index (κ3) is 19.8. The molecule has 0 saturated carbocycles. The van der Waals surface area contributed by atoms with Gasteiger partial charge in [-0.15, -0.1) is 0 Å². The molecule has 10 nitrogen and oxygen atoms in total. The van der Waals surface area contributed by atoms with Crippen molar-refractivity contribution in [2.24, 2.45) is 0 Å². The molecular formula is C44H73CaO10P3. The average Bonchev–Trinajstić information content (AvgIpc) is 3.02. The molecule has 3 aromatic rings. The SMILES string of the molecule is C.CCOP(=O)(Cc1cc(C(C)(C)C)c(O)c(C(C)(C)C)c1)OCC.CCOP(=O)([O-])Cc1cc(C(C)(C)C)c(O)c(C(C)(C)C)c1.[Ca+2].[O-]PCc1ccc(O)cc1. The van der Waals surface area contributed by atoms with Crippen LogP contribution >= 0.6 is 24.0 Å². The van der Waals surface area contributed by atoms with Crippen LogP contribution in [0.25, 0.3) is 0 Å². The van der Waals surface area contributed by atoms with E-state index in [1.165, 1.54) is 0 Å². The molecule has 2 atom stereocenters. The van der Waals surface area contributed by atoms with Crippen molar-refractivity contribution < 1.29 is 47.8 Å². The van der Waals surface area contributed by atoms with E-state index in [1.807, 2.05) is 67.5 Å². The fourth-order valence-electron chi connectivity index (χ4n) is 5.77. The summed E-state index contributed by atoms with van der Waals surface area (Å²) in [5.74, 6) is 0.820. The van der Waals surface area contributed by atoms with Crippen molar-refractivity contribution in [3.8, 4) is 17.2 Å². The van der Waals surface area contributed by atoms with E-state index >= 15 is 0 Å². The molecule has 3 N–H and O–H groups in total. The minimum atomic E-state index is -3.91. The van der Waals surface area contributed by atoms with Gasteiger partial charge in [0.25, 0.3) is 0 Å². The Morgan fingerprint density at radius 2 is 0.879 bits per heavy atom. The number of aromatic hydroxyl groups is 3. The quantitative estimate of drug-likeness (QED) is 0.118. The zero-order valence-electron chi connectivity index (χ0n) is 37.2. The van der Waals surface area contributed by atoms with Gasteiger partial charge in [0.05, 0.1) is 26.0 Å². The first kappa shape index (κ1) is 59.1. The second kappa shape index (κ2) is 24.6. The maximum atomic E-state index is 12.9. The van der Waals surface area contributed by atoms with E-state index < -0.39 is 15.2 Å². The molecule has 0 saturated heterocycles. The molecule has 0 bridgehead atoms. The van der Waals surface area contributed by atoms with Crippen LogP contribution in [-0.4, -0.2) is 72.9 Å². The minimum Gasteiger partial charge on any atom is -0.831 e. The Hall–Kier alpha value is -0.990. The summed E-state index contributed by atoms with van der Waals surface area (Å²) in [6, 6.07) is 14.1. The van der Waals surface area contributed by atoms with E-state index in [2.05, 4.69) is 41.5 Å². The number of rotatable bonds is 12. The van der Waals surface area contributed by atoms with Crippen LogP contribution < -0.4 is 9.79 Å².